The molecule has 0 bridgehead atoms. The number of allylic oxidation sites excluding steroid dienone is 2. The van der Waals surface area contributed by atoms with E-state index in [0.717, 1.165) is 0 Å². The Morgan fingerprint density at radius 2 is 2.57 bits per heavy atom. The van der Waals surface area contributed by atoms with E-state index in [1.807, 2.05) is 6.08 Å². The summed E-state index contributed by atoms with van der Waals surface area (Å²) < 4.78 is 0. The van der Waals surface area contributed by atoms with Crippen LogP contribution in [0.1, 0.15) is 0 Å². The topological polar surface area (TPSA) is 12.0 Å². The van der Waals surface area contributed by atoms with Crippen LogP contribution in [0.5, 0.6) is 0 Å². The van der Waals surface area contributed by atoms with Crippen molar-refractivity contribution in [3.05, 3.63) is 29.2 Å². The van der Waals surface area contributed by atoms with Crippen LogP contribution in [-0.4, -0.2) is 0 Å². The van der Waals surface area contributed by atoms with Gasteiger partial charge in [-0.1, -0.05) is 17.3 Å². The van der Waals surface area contributed by atoms with E-state index in [1.165, 1.54) is 0 Å². The number of rotatable bonds is 0. The number of hydrogen-bond acceptors (Lipinski definition) is 1. The predicted molar refractivity (Wildman–Crippen MR) is 29.7 cm³/mol. The first-order valence-corrected chi connectivity index (χ1v) is 2.31. The summed E-state index contributed by atoms with van der Waals surface area (Å²) in [5, 5.41) is 3.29. The van der Waals surface area contributed by atoms with Gasteiger partial charge in [0.1, 0.15) is 5.16 Å². The Morgan fingerprint density at radius 3 is 2.86 bits per heavy atom. The molecule has 0 aromatic carbocycles. The maximum Gasteiger partial charge on any atom is 0.149 e. The molecule has 1 nitrogen and oxygen atoms in total. The molecule has 0 unspecified atom stereocenters. The smallest absolute Gasteiger partial charge is 0.149 e. The summed E-state index contributed by atoms with van der Waals surface area (Å²) in [7, 11) is 0. The highest BCUT2D eigenvalue weighted by Crippen LogP contribution is 1.95. The van der Waals surface area contributed by atoms with Crippen LogP contribution in [0.2, 0.25) is 0 Å². The molecular formula is C5H4ClN. The SMILES string of the molecule is ClC1=C=CC=CN1. The summed E-state index contributed by atoms with van der Waals surface area (Å²) >= 11 is 5.43. The lowest BCUT2D eigenvalue weighted by Crippen LogP contribution is -1.97. The normalized spacial score (nSPS) is 15.9. The molecule has 0 atom stereocenters. The van der Waals surface area contributed by atoms with Gasteiger partial charge in [0.15, 0.2) is 0 Å². The molecule has 0 saturated heterocycles. The molecule has 1 heterocycles. The quantitative estimate of drug-likeness (QED) is 0.369. The molecule has 0 radical (unpaired) electrons. The summed E-state index contributed by atoms with van der Waals surface area (Å²) in [6, 6.07) is 0. The van der Waals surface area contributed by atoms with Gasteiger partial charge in [-0.3, -0.25) is 0 Å². The Labute approximate surface area is 47.0 Å². The molecule has 1 aliphatic heterocycles. The Bertz CT molecular complexity index is 151. The van der Waals surface area contributed by atoms with Crippen molar-refractivity contribution in [1.29, 1.82) is 0 Å². The molecule has 7 heavy (non-hydrogen) atoms. The van der Waals surface area contributed by atoms with Crippen LogP contribution in [0.25, 0.3) is 0 Å². The van der Waals surface area contributed by atoms with Crippen molar-refractivity contribution < 1.29 is 0 Å². The molecule has 0 aliphatic carbocycles. The molecule has 0 fully saturated rings. The number of nitrogens with one attached hydrogen (secondary N) is 1. The lowest BCUT2D eigenvalue weighted by Gasteiger charge is -1.93. The third-order valence-electron chi connectivity index (χ3n) is 0.613. The molecule has 2 heteroatoms. The van der Waals surface area contributed by atoms with Crippen molar-refractivity contribution in [1.82, 2.24) is 5.32 Å². The fraction of sp³-hybridized carbons (Fsp3) is 0. The van der Waals surface area contributed by atoms with Gasteiger partial charge in [0, 0.05) is 6.20 Å². The number of hydrogen-bond donors (Lipinski definition) is 1. The van der Waals surface area contributed by atoms with Gasteiger partial charge in [-0.15, -0.1) is 0 Å². The summed E-state index contributed by atoms with van der Waals surface area (Å²) in [4.78, 5) is 0. The first kappa shape index (κ1) is 4.51. The van der Waals surface area contributed by atoms with E-state index < -0.39 is 0 Å². The Kier molecular flexibility index (Phi) is 1.21. The van der Waals surface area contributed by atoms with Crippen LogP contribution in [-0.2, 0) is 0 Å². The third kappa shape index (κ3) is 1.11. The second-order valence-corrected chi connectivity index (χ2v) is 1.51. The summed E-state index contributed by atoms with van der Waals surface area (Å²) in [5.74, 6) is 0. The molecule has 1 N–H and O–H groups in total. The second kappa shape index (κ2) is 1.87. The van der Waals surface area contributed by atoms with Crippen molar-refractivity contribution in [3.63, 3.8) is 0 Å². The highest BCUT2D eigenvalue weighted by Gasteiger charge is 1.82. The molecule has 0 spiro atoms. The van der Waals surface area contributed by atoms with Gasteiger partial charge in [0.2, 0.25) is 0 Å². The zero-order valence-corrected chi connectivity index (χ0v) is 4.37. The van der Waals surface area contributed by atoms with E-state index in [4.69, 9.17) is 11.6 Å². The molecule has 0 saturated carbocycles. The first-order chi connectivity index (χ1) is 3.39. The Morgan fingerprint density at radius 1 is 1.71 bits per heavy atom. The van der Waals surface area contributed by atoms with Crippen LogP contribution in [0, 0.1) is 0 Å². The molecule has 0 aromatic rings. The van der Waals surface area contributed by atoms with Crippen LogP contribution in [0.3, 0.4) is 0 Å². The third-order valence-corrected chi connectivity index (χ3v) is 0.831. The average Bonchev–Trinajstić information content (AvgIpc) is 1.69. The average molecular weight is 114 g/mol. The van der Waals surface area contributed by atoms with Crippen LogP contribution in [0.15, 0.2) is 29.2 Å². The monoisotopic (exact) mass is 113 g/mol. The van der Waals surface area contributed by atoms with Crippen LogP contribution >= 0.6 is 11.6 Å². The molecule has 1 aliphatic rings. The van der Waals surface area contributed by atoms with Crippen molar-refractivity contribution in [2.45, 2.75) is 0 Å². The van der Waals surface area contributed by atoms with Gasteiger partial charge in [0.25, 0.3) is 0 Å². The maximum atomic E-state index is 5.43. The van der Waals surface area contributed by atoms with E-state index >= 15 is 0 Å². The molecule has 0 aromatic heterocycles. The van der Waals surface area contributed by atoms with E-state index in [1.54, 1.807) is 12.3 Å². The van der Waals surface area contributed by atoms with E-state index in [-0.39, 0.29) is 0 Å². The maximum absolute atomic E-state index is 5.43. The highest BCUT2D eigenvalue weighted by molar-refractivity contribution is 6.29. The predicted octanol–water partition coefficient (Wildman–Crippen LogP) is 1.34. The van der Waals surface area contributed by atoms with Crippen LogP contribution < -0.4 is 5.32 Å². The minimum absolute atomic E-state index is 0.544. The zero-order chi connectivity index (χ0) is 5.11. The second-order valence-electron chi connectivity index (χ2n) is 1.13. The van der Waals surface area contributed by atoms with Crippen molar-refractivity contribution >= 4 is 11.6 Å². The van der Waals surface area contributed by atoms with Gasteiger partial charge in [-0.2, -0.15) is 0 Å². The number of halogens is 1. The van der Waals surface area contributed by atoms with E-state index in [9.17, 15) is 0 Å². The van der Waals surface area contributed by atoms with Gasteiger partial charge in [-0.25, -0.2) is 0 Å². The van der Waals surface area contributed by atoms with Gasteiger partial charge in [-0.05, 0) is 12.2 Å². The molecule has 1 rings (SSSR count). The highest BCUT2D eigenvalue weighted by atomic mass is 35.5. The van der Waals surface area contributed by atoms with Crippen LogP contribution in [0.4, 0.5) is 0 Å². The Hall–Kier alpha value is -0.650. The van der Waals surface area contributed by atoms with Gasteiger partial charge in [0.05, 0.1) is 0 Å². The van der Waals surface area contributed by atoms with Crippen molar-refractivity contribution in [2.24, 2.45) is 0 Å². The lowest BCUT2D eigenvalue weighted by atomic mass is 10.5. The lowest BCUT2D eigenvalue weighted by molar-refractivity contribution is 1.15. The van der Waals surface area contributed by atoms with Crippen molar-refractivity contribution in [3.8, 4) is 0 Å². The first-order valence-electron chi connectivity index (χ1n) is 1.93. The standard InChI is InChI=1S/C5H4ClN/c6-5-3-1-2-4-7-5/h1-2,4,7H. The minimum Gasteiger partial charge on any atom is -0.346 e. The van der Waals surface area contributed by atoms with E-state index in [2.05, 4.69) is 11.0 Å². The van der Waals surface area contributed by atoms with Gasteiger partial charge < -0.3 is 5.32 Å². The Balaban J connectivity index is 2.84. The minimum atomic E-state index is 0.544. The molecule has 0 amide bonds. The molecular weight excluding hydrogens is 110 g/mol. The summed E-state index contributed by atoms with van der Waals surface area (Å²) in [6.45, 7) is 0. The largest absolute Gasteiger partial charge is 0.346 e. The summed E-state index contributed by atoms with van der Waals surface area (Å²) in [5.41, 5.74) is 2.74. The van der Waals surface area contributed by atoms with Gasteiger partial charge >= 0.3 is 0 Å². The zero-order valence-electron chi connectivity index (χ0n) is 3.61. The van der Waals surface area contributed by atoms with E-state index in [0.29, 0.717) is 5.16 Å². The fourth-order valence-electron chi connectivity index (χ4n) is 0.332. The fourth-order valence-corrected chi connectivity index (χ4v) is 0.458. The van der Waals surface area contributed by atoms with Crippen molar-refractivity contribution in [2.75, 3.05) is 0 Å². The summed E-state index contributed by atoms with van der Waals surface area (Å²) in [6.07, 6.45) is 5.32. The molecule has 36 valence electrons.